The number of carbonyl (C=O) groups excluding carboxylic acids is 1. The number of rotatable bonds is 5. The lowest BCUT2D eigenvalue weighted by Gasteiger charge is -2.06. The largest absolute Gasteiger partial charge is 0.484 e. The summed E-state index contributed by atoms with van der Waals surface area (Å²) in [6, 6.07) is 9.32. The Morgan fingerprint density at radius 2 is 2.09 bits per heavy atom. The molecule has 0 fully saturated rings. The second kappa shape index (κ2) is 7.94. The normalized spacial score (nSPS) is 10.8. The molecule has 2 rings (SSSR count). The van der Waals surface area contributed by atoms with Crippen LogP contribution in [-0.2, 0) is 4.79 Å². The maximum Gasteiger partial charge on any atom is 0.277 e. The summed E-state index contributed by atoms with van der Waals surface area (Å²) in [7, 11) is 0. The lowest BCUT2D eigenvalue weighted by molar-refractivity contribution is -0.123. The number of amides is 1. The van der Waals surface area contributed by atoms with Gasteiger partial charge in [-0.25, -0.2) is 9.82 Å². The van der Waals surface area contributed by atoms with Gasteiger partial charge in [-0.2, -0.15) is 5.10 Å². The van der Waals surface area contributed by atoms with Crippen LogP contribution in [0.15, 0.2) is 41.5 Å². The molecule has 0 aliphatic carbocycles. The quantitative estimate of drug-likeness (QED) is 0.652. The van der Waals surface area contributed by atoms with Crippen molar-refractivity contribution in [2.24, 2.45) is 5.10 Å². The molecule has 0 spiro atoms. The van der Waals surface area contributed by atoms with E-state index in [2.05, 4.69) is 10.5 Å². The second-order valence-corrected chi connectivity index (χ2v) is 5.44. The molecule has 0 aliphatic rings. The highest BCUT2D eigenvalue weighted by Gasteiger charge is 2.05. The number of hydrazone groups is 1. The standard InChI is InChI=1S/C16H13Cl2FN2O2/c1-10-7-11(5-6-13(10)17)23-9-16(22)21-20-8-12-14(18)3-2-4-15(12)19/h2-8H,9H2,1H3,(H,21,22). The molecular formula is C16H13Cl2FN2O2. The van der Waals surface area contributed by atoms with Crippen LogP contribution >= 0.6 is 23.2 Å². The van der Waals surface area contributed by atoms with Gasteiger partial charge in [0.1, 0.15) is 11.6 Å². The predicted molar refractivity (Wildman–Crippen MR) is 88.8 cm³/mol. The van der Waals surface area contributed by atoms with E-state index in [0.717, 1.165) is 11.8 Å². The average molecular weight is 355 g/mol. The summed E-state index contributed by atoms with van der Waals surface area (Å²) in [6.07, 6.45) is 1.14. The van der Waals surface area contributed by atoms with Crippen LogP contribution < -0.4 is 10.2 Å². The molecular weight excluding hydrogens is 342 g/mol. The summed E-state index contributed by atoms with van der Waals surface area (Å²) < 4.78 is 18.8. The van der Waals surface area contributed by atoms with Crippen LogP contribution in [0, 0.1) is 12.7 Å². The van der Waals surface area contributed by atoms with Gasteiger partial charge in [-0.3, -0.25) is 4.79 Å². The molecule has 0 unspecified atom stereocenters. The Hall–Kier alpha value is -2.11. The molecule has 0 atom stereocenters. The van der Waals surface area contributed by atoms with Crippen LogP contribution in [0.1, 0.15) is 11.1 Å². The van der Waals surface area contributed by atoms with Crippen molar-refractivity contribution in [3.63, 3.8) is 0 Å². The molecule has 7 heteroatoms. The third-order valence-electron chi connectivity index (χ3n) is 2.88. The van der Waals surface area contributed by atoms with Gasteiger partial charge in [0.2, 0.25) is 0 Å². The molecule has 0 saturated heterocycles. The van der Waals surface area contributed by atoms with Crippen LogP contribution in [0.25, 0.3) is 0 Å². The Labute approximate surface area is 142 Å². The first-order valence-corrected chi connectivity index (χ1v) is 7.38. The number of hydrogen-bond donors (Lipinski definition) is 1. The number of hydrogen-bond acceptors (Lipinski definition) is 3. The van der Waals surface area contributed by atoms with Crippen molar-refractivity contribution in [2.75, 3.05) is 6.61 Å². The molecule has 0 saturated carbocycles. The van der Waals surface area contributed by atoms with E-state index in [4.69, 9.17) is 27.9 Å². The minimum atomic E-state index is -0.525. The zero-order chi connectivity index (χ0) is 16.8. The molecule has 2 aromatic carbocycles. The van der Waals surface area contributed by atoms with Gasteiger partial charge < -0.3 is 4.74 Å². The Bertz CT molecular complexity index is 731. The maximum atomic E-state index is 13.5. The molecule has 0 aromatic heterocycles. The van der Waals surface area contributed by atoms with Gasteiger partial charge in [0, 0.05) is 10.6 Å². The van der Waals surface area contributed by atoms with Crippen molar-refractivity contribution < 1.29 is 13.9 Å². The minimum absolute atomic E-state index is 0.101. The predicted octanol–water partition coefficient (Wildman–Crippen LogP) is 3.97. The molecule has 0 aliphatic heterocycles. The van der Waals surface area contributed by atoms with Gasteiger partial charge in [-0.15, -0.1) is 0 Å². The number of nitrogens with zero attached hydrogens (tertiary/aromatic N) is 1. The summed E-state index contributed by atoms with van der Waals surface area (Å²) in [6.45, 7) is 1.60. The van der Waals surface area contributed by atoms with E-state index in [1.165, 1.54) is 18.2 Å². The summed E-state index contributed by atoms with van der Waals surface area (Å²) in [5, 5.41) is 4.48. The minimum Gasteiger partial charge on any atom is -0.484 e. The molecule has 0 radical (unpaired) electrons. The lowest BCUT2D eigenvalue weighted by Crippen LogP contribution is -2.24. The third-order valence-corrected chi connectivity index (χ3v) is 3.64. The Morgan fingerprint density at radius 1 is 1.30 bits per heavy atom. The first-order valence-electron chi connectivity index (χ1n) is 6.62. The van der Waals surface area contributed by atoms with E-state index in [1.807, 2.05) is 6.92 Å². The van der Waals surface area contributed by atoms with Crippen LogP contribution in [-0.4, -0.2) is 18.7 Å². The monoisotopic (exact) mass is 354 g/mol. The fraction of sp³-hybridized carbons (Fsp3) is 0.125. The number of halogens is 3. The van der Waals surface area contributed by atoms with Gasteiger partial charge in [0.25, 0.3) is 5.91 Å². The summed E-state index contributed by atoms with van der Waals surface area (Å²) in [5.74, 6) is -0.493. The van der Waals surface area contributed by atoms with E-state index in [0.29, 0.717) is 10.8 Å². The summed E-state index contributed by atoms with van der Waals surface area (Å²) >= 11 is 11.7. The first-order chi connectivity index (χ1) is 11.0. The average Bonchev–Trinajstić information content (AvgIpc) is 2.51. The molecule has 23 heavy (non-hydrogen) atoms. The van der Waals surface area contributed by atoms with E-state index in [9.17, 15) is 9.18 Å². The fourth-order valence-electron chi connectivity index (χ4n) is 1.69. The van der Waals surface area contributed by atoms with Gasteiger partial charge in [-0.05, 0) is 42.8 Å². The van der Waals surface area contributed by atoms with Gasteiger partial charge in [-0.1, -0.05) is 29.3 Å². The molecule has 120 valence electrons. The van der Waals surface area contributed by atoms with Crippen molar-refractivity contribution in [1.29, 1.82) is 0 Å². The van der Waals surface area contributed by atoms with E-state index >= 15 is 0 Å². The van der Waals surface area contributed by atoms with Crippen LogP contribution in [0.4, 0.5) is 4.39 Å². The van der Waals surface area contributed by atoms with Gasteiger partial charge in [0.05, 0.1) is 11.2 Å². The van der Waals surface area contributed by atoms with E-state index in [1.54, 1.807) is 18.2 Å². The van der Waals surface area contributed by atoms with Crippen LogP contribution in [0.3, 0.4) is 0 Å². The maximum absolute atomic E-state index is 13.5. The Balaban J connectivity index is 1.87. The van der Waals surface area contributed by atoms with Crippen molar-refractivity contribution in [3.8, 4) is 5.75 Å². The van der Waals surface area contributed by atoms with Crippen molar-refractivity contribution in [3.05, 3.63) is 63.4 Å². The van der Waals surface area contributed by atoms with Crippen molar-refractivity contribution >= 4 is 35.3 Å². The number of nitrogens with one attached hydrogen (secondary N) is 1. The zero-order valence-electron chi connectivity index (χ0n) is 12.1. The van der Waals surface area contributed by atoms with Gasteiger partial charge >= 0.3 is 0 Å². The zero-order valence-corrected chi connectivity index (χ0v) is 13.7. The third kappa shape index (κ3) is 4.94. The number of aryl methyl sites for hydroxylation is 1. The van der Waals surface area contributed by atoms with Crippen LogP contribution in [0.5, 0.6) is 5.75 Å². The smallest absolute Gasteiger partial charge is 0.277 e. The number of ether oxygens (including phenoxy) is 1. The number of benzene rings is 2. The van der Waals surface area contributed by atoms with Crippen molar-refractivity contribution in [1.82, 2.24) is 5.43 Å². The fourth-order valence-corrected chi connectivity index (χ4v) is 2.02. The first kappa shape index (κ1) is 17.2. The highest BCUT2D eigenvalue weighted by Crippen LogP contribution is 2.21. The number of carbonyl (C=O) groups is 1. The molecule has 0 heterocycles. The van der Waals surface area contributed by atoms with E-state index in [-0.39, 0.29) is 17.2 Å². The van der Waals surface area contributed by atoms with Gasteiger partial charge in [0.15, 0.2) is 6.61 Å². The molecule has 1 N–H and O–H groups in total. The second-order valence-electron chi connectivity index (χ2n) is 4.63. The SMILES string of the molecule is Cc1cc(OCC(=O)NN=Cc2c(F)cccc2Cl)ccc1Cl. The lowest BCUT2D eigenvalue weighted by atomic mass is 10.2. The molecule has 4 nitrogen and oxygen atoms in total. The molecule has 2 aromatic rings. The molecule has 0 bridgehead atoms. The summed E-state index contributed by atoms with van der Waals surface area (Å²) in [4.78, 5) is 11.6. The van der Waals surface area contributed by atoms with Crippen LogP contribution in [0.2, 0.25) is 10.0 Å². The Kier molecular flexibility index (Phi) is 5.96. The Morgan fingerprint density at radius 3 is 2.78 bits per heavy atom. The highest BCUT2D eigenvalue weighted by atomic mass is 35.5. The summed E-state index contributed by atoms with van der Waals surface area (Å²) in [5.41, 5.74) is 3.18. The highest BCUT2D eigenvalue weighted by molar-refractivity contribution is 6.33. The topological polar surface area (TPSA) is 50.7 Å². The molecule has 1 amide bonds. The van der Waals surface area contributed by atoms with Crippen molar-refractivity contribution in [2.45, 2.75) is 6.92 Å². The van der Waals surface area contributed by atoms with E-state index < -0.39 is 11.7 Å².